The lowest BCUT2D eigenvalue weighted by atomic mass is 10.1. The molecule has 1 saturated heterocycles. The standard InChI is InChI=1S/C20H28N2O4/c1-13-6-7-16(15-12-21(5)18(23)17(13)15)25-14-8-10-22(11-9-14)19(24)26-20(2,3)4/h6-7,12,14,23H,8-11H2,1-5H3. The second kappa shape index (κ2) is 6.74. The van der Waals surface area contributed by atoms with Gasteiger partial charge in [0.15, 0.2) is 5.88 Å². The molecule has 0 radical (unpaired) electrons. The molecule has 0 unspecified atom stereocenters. The Labute approximate surface area is 154 Å². The molecule has 6 heteroatoms. The summed E-state index contributed by atoms with van der Waals surface area (Å²) in [5, 5.41) is 12.0. The third-order valence-corrected chi connectivity index (χ3v) is 4.68. The molecule has 1 fully saturated rings. The van der Waals surface area contributed by atoms with Gasteiger partial charge in [-0.25, -0.2) is 4.79 Å². The number of piperidine rings is 1. The van der Waals surface area contributed by atoms with Crippen LogP contribution in [-0.4, -0.2) is 45.5 Å². The maximum Gasteiger partial charge on any atom is 0.410 e. The molecule has 0 bridgehead atoms. The first-order valence-corrected chi connectivity index (χ1v) is 9.08. The molecule has 0 spiro atoms. The molecular weight excluding hydrogens is 332 g/mol. The van der Waals surface area contributed by atoms with Gasteiger partial charge in [0, 0.05) is 44.6 Å². The number of hydrogen-bond donors (Lipinski definition) is 1. The summed E-state index contributed by atoms with van der Waals surface area (Å²) in [5.41, 5.74) is 0.540. The molecule has 0 saturated carbocycles. The van der Waals surface area contributed by atoms with Crippen LogP contribution in [0.5, 0.6) is 11.6 Å². The summed E-state index contributed by atoms with van der Waals surface area (Å²) >= 11 is 0. The highest BCUT2D eigenvalue weighted by molar-refractivity contribution is 5.95. The molecule has 3 rings (SSSR count). The molecule has 1 aliphatic rings. The molecule has 6 nitrogen and oxygen atoms in total. The van der Waals surface area contributed by atoms with Crippen molar-refractivity contribution in [2.75, 3.05) is 13.1 Å². The SMILES string of the molecule is Cc1ccc(OC2CCN(C(=O)OC(C)(C)C)CC2)c2cn(C)c(O)c12. The van der Waals surface area contributed by atoms with Crippen LogP contribution in [0.25, 0.3) is 10.8 Å². The summed E-state index contributed by atoms with van der Waals surface area (Å²) in [6.07, 6.45) is 3.19. The number of aromatic hydroxyl groups is 1. The summed E-state index contributed by atoms with van der Waals surface area (Å²) in [4.78, 5) is 13.9. The van der Waals surface area contributed by atoms with E-state index < -0.39 is 5.60 Å². The van der Waals surface area contributed by atoms with E-state index in [0.717, 1.165) is 34.9 Å². The molecular formula is C20H28N2O4. The fraction of sp³-hybridized carbons (Fsp3) is 0.550. The highest BCUT2D eigenvalue weighted by Gasteiger charge is 2.28. The van der Waals surface area contributed by atoms with Crippen molar-refractivity contribution in [3.63, 3.8) is 0 Å². The van der Waals surface area contributed by atoms with E-state index in [1.54, 1.807) is 9.47 Å². The average molecular weight is 360 g/mol. The van der Waals surface area contributed by atoms with Crippen LogP contribution in [0.2, 0.25) is 0 Å². The second-order valence-electron chi connectivity index (χ2n) is 8.02. The highest BCUT2D eigenvalue weighted by atomic mass is 16.6. The second-order valence-corrected chi connectivity index (χ2v) is 8.02. The molecule has 0 aliphatic carbocycles. The van der Waals surface area contributed by atoms with E-state index in [1.165, 1.54) is 0 Å². The van der Waals surface area contributed by atoms with Crippen LogP contribution in [0.15, 0.2) is 18.3 Å². The fourth-order valence-electron chi connectivity index (χ4n) is 3.33. The number of aromatic nitrogens is 1. The topological polar surface area (TPSA) is 63.9 Å². The molecule has 1 amide bonds. The summed E-state index contributed by atoms with van der Waals surface area (Å²) < 4.78 is 13.4. The first-order chi connectivity index (χ1) is 12.2. The summed E-state index contributed by atoms with van der Waals surface area (Å²) in [5.74, 6) is 1.03. The predicted octanol–water partition coefficient (Wildman–Crippen LogP) is 3.97. The maximum atomic E-state index is 12.2. The Hall–Kier alpha value is -2.37. The van der Waals surface area contributed by atoms with Gasteiger partial charge in [-0.1, -0.05) is 6.07 Å². The number of likely N-dealkylation sites (tertiary alicyclic amines) is 1. The normalized spacial score (nSPS) is 16.1. The highest BCUT2D eigenvalue weighted by Crippen LogP contribution is 2.36. The summed E-state index contributed by atoms with van der Waals surface area (Å²) in [7, 11) is 1.82. The van der Waals surface area contributed by atoms with Crippen molar-refractivity contribution >= 4 is 16.9 Å². The lowest BCUT2D eigenvalue weighted by molar-refractivity contribution is 0.0128. The van der Waals surface area contributed by atoms with Gasteiger partial charge in [0.25, 0.3) is 0 Å². The number of hydrogen-bond acceptors (Lipinski definition) is 4. The maximum absolute atomic E-state index is 12.2. The van der Waals surface area contributed by atoms with Gasteiger partial charge in [-0.05, 0) is 39.3 Å². The van der Waals surface area contributed by atoms with E-state index in [4.69, 9.17) is 9.47 Å². The van der Waals surface area contributed by atoms with Gasteiger partial charge in [0.2, 0.25) is 0 Å². The minimum absolute atomic E-state index is 0.0435. The fourth-order valence-corrected chi connectivity index (χ4v) is 3.33. The molecule has 2 heterocycles. The molecule has 1 aromatic carbocycles. The molecule has 142 valence electrons. The minimum atomic E-state index is -0.479. The van der Waals surface area contributed by atoms with Crippen molar-refractivity contribution in [3.05, 3.63) is 23.9 Å². The molecule has 1 aromatic heterocycles. The Morgan fingerprint density at radius 1 is 1.23 bits per heavy atom. The van der Waals surface area contributed by atoms with E-state index in [2.05, 4.69) is 0 Å². The number of carbonyl (C=O) groups excluding carboxylic acids is 1. The Balaban J connectivity index is 1.67. The number of rotatable bonds is 2. The van der Waals surface area contributed by atoms with Crippen LogP contribution in [-0.2, 0) is 11.8 Å². The van der Waals surface area contributed by atoms with E-state index in [-0.39, 0.29) is 18.1 Å². The molecule has 2 aromatic rings. The Morgan fingerprint density at radius 3 is 2.50 bits per heavy atom. The van der Waals surface area contributed by atoms with Crippen LogP contribution < -0.4 is 4.74 Å². The minimum Gasteiger partial charge on any atom is -0.494 e. The van der Waals surface area contributed by atoms with Crippen molar-refractivity contribution in [3.8, 4) is 11.6 Å². The number of nitrogens with zero attached hydrogens (tertiary/aromatic N) is 2. The molecule has 26 heavy (non-hydrogen) atoms. The van der Waals surface area contributed by atoms with Crippen LogP contribution in [0.1, 0.15) is 39.2 Å². The van der Waals surface area contributed by atoms with Gasteiger partial charge in [0.1, 0.15) is 17.5 Å². The average Bonchev–Trinajstić information content (AvgIpc) is 2.85. The number of fused-ring (bicyclic) bond motifs is 1. The van der Waals surface area contributed by atoms with Crippen LogP contribution >= 0.6 is 0 Å². The van der Waals surface area contributed by atoms with Crippen LogP contribution in [0.3, 0.4) is 0 Å². The monoisotopic (exact) mass is 360 g/mol. The van der Waals surface area contributed by atoms with Crippen molar-refractivity contribution in [1.29, 1.82) is 0 Å². The number of aryl methyl sites for hydroxylation is 2. The molecule has 0 atom stereocenters. The van der Waals surface area contributed by atoms with Gasteiger partial charge in [-0.2, -0.15) is 0 Å². The first-order valence-electron chi connectivity index (χ1n) is 9.08. The van der Waals surface area contributed by atoms with Crippen molar-refractivity contribution in [1.82, 2.24) is 9.47 Å². The zero-order chi connectivity index (χ0) is 19.1. The van der Waals surface area contributed by atoms with Gasteiger partial charge in [-0.15, -0.1) is 0 Å². The third-order valence-electron chi connectivity index (χ3n) is 4.68. The largest absolute Gasteiger partial charge is 0.494 e. The third kappa shape index (κ3) is 3.74. The lowest BCUT2D eigenvalue weighted by Crippen LogP contribution is -2.44. The molecule has 1 N–H and O–H groups in total. The van der Waals surface area contributed by atoms with E-state index >= 15 is 0 Å². The van der Waals surface area contributed by atoms with Gasteiger partial charge < -0.3 is 24.0 Å². The lowest BCUT2D eigenvalue weighted by Gasteiger charge is -2.33. The Kier molecular flexibility index (Phi) is 4.78. The Morgan fingerprint density at radius 2 is 1.88 bits per heavy atom. The zero-order valence-electron chi connectivity index (χ0n) is 16.2. The molecule has 1 aliphatic heterocycles. The number of ether oxygens (including phenoxy) is 2. The van der Waals surface area contributed by atoms with E-state index in [9.17, 15) is 9.90 Å². The van der Waals surface area contributed by atoms with Crippen molar-refractivity contribution in [2.24, 2.45) is 7.05 Å². The summed E-state index contributed by atoms with van der Waals surface area (Å²) in [6, 6.07) is 3.92. The zero-order valence-corrected chi connectivity index (χ0v) is 16.2. The number of amides is 1. The van der Waals surface area contributed by atoms with Gasteiger partial charge in [0.05, 0.1) is 5.39 Å². The number of carbonyl (C=O) groups is 1. The first kappa shape index (κ1) is 18.4. The predicted molar refractivity (Wildman–Crippen MR) is 101 cm³/mol. The smallest absolute Gasteiger partial charge is 0.410 e. The van der Waals surface area contributed by atoms with Gasteiger partial charge >= 0.3 is 6.09 Å². The number of benzene rings is 1. The van der Waals surface area contributed by atoms with E-state index in [0.29, 0.717) is 13.1 Å². The van der Waals surface area contributed by atoms with Crippen LogP contribution in [0, 0.1) is 6.92 Å². The van der Waals surface area contributed by atoms with Crippen molar-refractivity contribution < 1.29 is 19.4 Å². The van der Waals surface area contributed by atoms with E-state index in [1.807, 2.05) is 53.1 Å². The van der Waals surface area contributed by atoms with Gasteiger partial charge in [-0.3, -0.25) is 0 Å². The van der Waals surface area contributed by atoms with Crippen LogP contribution in [0.4, 0.5) is 4.79 Å². The summed E-state index contributed by atoms with van der Waals surface area (Å²) in [6.45, 7) is 8.84. The Bertz CT molecular complexity index is 811. The van der Waals surface area contributed by atoms with Crippen molar-refractivity contribution in [2.45, 2.75) is 52.2 Å². The quantitative estimate of drug-likeness (QED) is 0.880.